The van der Waals surface area contributed by atoms with Gasteiger partial charge < -0.3 is 10.4 Å². The van der Waals surface area contributed by atoms with E-state index in [2.05, 4.69) is 5.32 Å². The van der Waals surface area contributed by atoms with Gasteiger partial charge in [0.05, 0.1) is 17.6 Å². The Labute approximate surface area is 154 Å². The van der Waals surface area contributed by atoms with Crippen LogP contribution in [0.4, 0.5) is 5.69 Å². The molecule has 1 aromatic carbocycles. The van der Waals surface area contributed by atoms with Crippen LogP contribution in [-0.4, -0.2) is 48.5 Å². The van der Waals surface area contributed by atoms with Crippen molar-refractivity contribution in [3.8, 4) is 0 Å². The predicted molar refractivity (Wildman–Crippen MR) is 99.3 cm³/mol. The van der Waals surface area contributed by atoms with Gasteiger partial charge in [-0.25, -0.2) is 12.7 Å². The normalized spacial score (nSPS) is 19.7. The number of sulfonamides is 1. The number of anilines is 1. The van der Waals surface area contributed by atoms with Gasteiger partial charge in [0.15, 0.2) is 0 Å². The van der Waals surface area contributed by atoms with Crippen LogP contribution >= 0.6 is 0 Å². The molecule has 1 aromatic rings. The van der Waals surface area contributed by atoms with Crippen LogP contribution in [0.25, 0.3) is 0 Å². The zero-order valence-electron chi connectivity index (χ0n) is 15.1. The highest BCUT2D eigenvalue weighted by Crippen LogP contribution is 2.21. The lowest BCUT2D eigenvalue weighted by Crippen LogP contribution is -2.44. The molecule has 0 bridgehead atoms. The number of hydrogen-bond donors (Lipinski definition) is 2. The SMILES string of the molecule is CCS(=O)(=O)N1CCCC(C(=O)Nc2ccc(CC(C)C(=O)O)cc2)C1. The van der Waals surface area contributed by atoms with E-state index in [-0.39, 0.29) is 24.1 Å². The Morgan fingerprint density at radius 3 is 2.54 bits per heavy atom. The minimum Gasteiger partial charge on any atom is -0.481 e. The Morgan fingerprint density at radius 2 is 1.96 bits per heavy atom. The summed E-state index contributed by atoms with van der Waals surface area (Å²) in [7, 11) is -3.28. The standard InChI is InChI=1S/C18H26N2O5S/c1-3-26(24,25)20-10-4-5-15(12-20)17(21)19-16-8-6-14(7-9-16)11-13(2)18(22)23/h6-9,13,15H,3-5,10-12H2,1-2H3,(H,19,21)(H,22,23). The highest BCUT2D eigenvalue weighted by molar-refractivity contribution is 7.89. The topological polar surface area (TPSA) is 104 Å². The van der Waals surface area contributed by atoms with Gasteiger partial charge in [0.1, 0.15) is 0 Å². The van der Waals surface area contributed by atoms with Crippen LogP contribution in [0, 0.1) is 11.8 Å². The molecule has 2 rings (SSSR count). The van der Waals surface area contributed by atoms with Gasteiger partial charge in [-0.2, -0.15) is 0 Å². The number of carbonyl (C=O) groups excluding carboxylic acids is 1. The Balaban J connectivity index is 1.96. The summed E-state index contributed by atoms with van der Waals surface area (Å²) in [6.45, 7) is 3.94. The number of benzene rings is 1. The maximum absolute atomic E-state index is 12.5. The molecular weight excluding hydrogens is 356 g/mol. The molecular formula is C18H26N2O5S. The zero-order valence-corrected chi connectivity index (χ0v) is 16.0. The van der Waals surface area contributed by atoms with Crippen molar-refractivity contribution in [1.82, 2.24) is 4.31 Å². The number of hydrogen-bond acceptors (Lipinski definition) is 4. The molecule has 8 heteroatoms. The molecule has 1 heterocycles. The minimum absolute atomic E-state index is 0.0393. The van der Waals surface area contributed by atoms with E-state index in [0.717, 1.165) is 5.56 Å². The molecule has 2 unspecified atom stereocenters. The number of carbonyl (C=O) groups is 2. The number of amides is 1. The molecule has 0 saturated carbocycles. The smallest absolute Gasteiger partial charge is 0.306 e. The van der Waals surface area contributed by atoms with Gasteiger partial charge in [-0.05, 0) is 43.9 Å². The molecule has 0 aliphatic carbocycles. The second kappa shape index (κ2) is 8.64. The van der Waals surface area contributed by atoms with E-state index in [9.17, 15) is 18.0 Å². The summed E-state index contributed by atoms with van der Waals surface area (Å²) in [5.74, 6) is -1.82. The summed E-state index contributed by atoms with van der Waals surface area (Å²) in [5.41, 5.74) is 1.51. The number of piperidine rings is 1. The van der Waals surface area contributed by atoms with Crippen molar-refractivity contribution in [1.29, 1.82) is 0 Å². The molecule has 1 aliphatic heterocycles. The molecule has 1 fully saturated rings. The van der Waals surface area contributed by atoms with Crippen LogP contribution in [0.3, 0.4) is 0 Å². The Hall–Kier alpha value is -1.93. The lowest BCUT2D eigenvalue weighted by molar-refractivity contribution is -0.141. The molecule has 26 heavy (non-hydrogen) atoms. The summed E-state index contributed by atoms with van der Waals surface area (Å²) < 4.78 is 25.4. The van der Waals surface area contributed by atoms with E-state index in [0.29, 0.717) is 31.5 Å². The van der Waals surface area contributed by atoms with Crippen LogP contribution in [0.15, 0.2) is 24.3 Å². The average molecular weight is 382 g/mol. The lowest BCUT2D eigenvalue weighted by atomic mass is 9.98. The van der Waals surface area contributed by atoms with Crippen LogP contribution in [-0.2, 0) is 26.0 Å². The summed E-state index contributed by atoms with van der Waals surface area (Å²) in [5, 5.41) is 11.8. The van der Waals surface area contributed by atoms with Gasteiger partial charge in [0.25, 0.3) is 0 Å². The van der Waals surface area contributed by atoms with Gasteiger partial charge in [0.2, 0.25) is 15.9 Å². The number of carboxylic acid groups (broad SMARTS) is 1. The first-order chi connectivity index (χ1) is 12.2. The maximum atomic E-state index is 12.5. The zero-order chi connectivity index (χ0) is 19.3. The van der Waals surface area contributed by atoms with E-state index in [1.54, 1.807) is 38.1 Å². The van der Waals surface area contributed by atoms with Crippen molar-refractivity contribution < 1.29 is 23.1 Å². The molecule has 2 atom stereocenters. The monoisotopic (exact) mass is 382 g/mol. The number of carboxylic acids is 1. The highest BCUT2D eigenvalue weighted by Gasteiger charge is 2.31. The Bertz CT molecular complexity index is 745. The summed E-state index contributed by atoms with van der Waals surface area (Å²) in [4.78, 5) is 23.4. The first-order valence-corrected chi connectivity index (χ1v) is 10.4. The number of nitrogens with one attached hydrogen (secondary N) is 1. The van der Waals surface area contributed by atoms with Crippen LogP contribution in [0.1, 0.15) is 32.3 Å². The number of rotatable bonds is 7. The molecule has 7 nitrogen and oxygen atoms in total. The molecule has 1 aliphatic rings. The van der Waals surface area contributed by atoms with Gasteiger partial charge in [-0.3, -0.25) is 9.59 Å². The van der Waals surface area contributed by atoms with Crippen LogP contribution in [0.2, 0.25) is 0 Å². The second-order valence-electron chi connectivity index (χ2n) is 6.73. The van der Waals surface area contributed by atoms with E-state index in [4.69, 9.17) is 5.11 Å². The molecule has 2 N–H and O–H groups in total. The summed E-state index contributed by atoms with van der Waals surface area (Å²) >= 11 is 0. The number of aliphatic carboxylic acids is 1. The first kappa shape index (κ1) is 20.4. The van der Waals surface area contributed by atoms with E-state index >= 15 is 0 Å². The molecule has 0 radical (unpaired) electrons. The lowest BCUT2D eigenvalue weighted by Gasteiger charge is -2.30. The Morgan fingerprint density at radius 1 is 1.31 bits per heavy atom. The third kappa shape index (κ3) is 5.28. The van der Waals surface area contributed by atoms with Crippen LogP contribution < -0.4 is 5.32 Å². The van der Waals surface area contributed by atoms with Crippen molar-refractivity contribution in [3.05, 3.63) is 29.8 Å². The van der Waals surface area contributed by atoms with E-state index in [1.807, 2.05) is 0 Å². The van der Waals surface area contributed by atoms with Crippen LogP contribution in [0.5, 0.6) is 0 Å². The average Bonchev–Trinajstić information content (AvgIpc) is 2.63. The molecule has 1 amide bonds. The summed E-state index contributed by atoms with van der Waals surface area (Å²) in [6, 6.07) is 7.07. The highest BCUT2D eigenvalue weighted by atomic mass is 32.2. The van der Waals surface area contributed by atoms with Gasteiger partial charge >= 0.3 is 5.97 Å². The number of nitrogens with zero attached hydrogens (tertiary/aromatic N) is 1. The van der Waals surface area contributed by atoms with Crippen molar-refractivity contribution in [2.75, 3.05) is 24.2 Å². The van der Waals surface area contributed by atoms with Gasteiger partial charge in [-0.15, -0.1) is 0 Å². The van der Waals surface area contributed by atoms with Gasteiger partial charge in [-0.1, -0.05) is 19.1 Å². The fourth-order valence-corrected chi connectivity index (χ4v) is 4.18. The minimum atomic E-state index is -3.28. The van der Waals surface area contributed by atoms with Gasteiger partial charge in [0, 0.05) is 18.8 Å². The predicted octanol–water partition coefficient (Wildman–Crippen LogP) is 1.95. The third-order valence-electron chi connectivity index (χ3n) is 4.70. The van der Waals surface area contributed by atoms with Crippen molar-refractivity contribution >= 4 is 27.6 Å². The summed E-state index contributed by atoms with van der Waals surface area (Å²) in [6.07, 6.45) is 1.76. The van der Waals surface area contributed by atoms with Crippen molar-refractivity contribution in [3.63, 3.8) is 0 Å². The second-order valence-corrected chi connectivity index (χ2v) is 8.98. The third-order valence-corrected chi connectivity index (χ3v) is 6.55. The fourth-order valence-electron chi connectivity index (χ4n) is 3.00. The first-order valence-electron chi connectivity index (χ1n) is 8.83. The van der Waals surface area contributed by atoms with E-state index in [1.165, 1.54) is 4.31 Å². The molecule has 1 saturated heterocycles. The quantitative estimate of drug-likeness (QED) is 0.750. The maximum Gasteiger partial charge on any atom is 0.306 e. The van der Waals surface area contributed by atoms with E-state index < -0.39 is 21.9 Å². The largest absolute Gasteiger partial charge is 0.481 e. The molecule has 0 aromatic heterocycles. The molecule has 144 valence electrons. The fraction of sp³-hybridized carbons (Fsp3) is 0.556. The molecule has 0 spiro atoms. The van der Waals surface area contributed by atoms with Crippen molar-refractivity contribution in [2.45, 2.75) is 33.1 Å². The van der Waals surface area contributed by atoms with Crippen molar-refractivity contribution in [2.24, 2.45) is 11.8 Å². The Kier molecular flexibility index (Phi) is 6.77.